The van der Waals surface area contributed by atoms with E-state index in [1.165, 1.54) is 32.7 Å². The predicted molar refractivity (Wildman–Crippen MR) is 257 cm³/mol. The Bertz CT molecular complexity index is 2390. The summed E-state index contributed by atoms with van der Waals surface area (Å²) in [6.07, 6.45) is 8.87. The van der Waals surface area contributed by atoms with Gasteiger partial charge in [-0.1, -0.05) is 135 Å². The van der Waals surface area contributed by atoms with Crippen molar-refractivity contribution in [2.24, 2.45) is 11.7 Å². The van der Waals surface area contributed by atoms with Gasteiger partial charge in [0, 0.05) is 58.6 Å². The second kappa shape index (κ2) is 20.6. The number of fused-ring (bicyclic) bond motifs is 6. The number of halogens is 1. The Labute approximate surface area is 374 Å². The first-order valence-electron chi connectivity index (χ1n) is 21.1. The molecule has 0 aromatic heterocycles. The van der Waals surface area contributed by atoms with Crippen molar-refractivity contribution in [2.75, 3.05) is 62.3 Å². The van der Waals surface area contributed by atoms with Crippen LogP contribution in [0.1, 0.15) is 51.7 Å². The van der Waals surface area contributed by atoms with Gasteiger partial charge in [-0.15, -0.1) is 0 Å². The zero-order valence-electron chi connectivity index (χ0n) is 36.4. The molecule has 0 saturated carbocycles. The van der Waals surface area contributed by atoms with E-state index in [1.54, 1.807) is 0 Å². The molecule has 12 nitrogen and oxygen atoms in total. The van der Waals surface area contributed by atoms with E-state index in [1.807, 2.05) is 0 Å². The lowest BCUT2D eigenvalue weighted by atomic mass is 9.78. The molecule has 1 unspecified atom stereocenters. The molecule has 0 saturated heterocycles. The highest BCUT2D eigenvalue weighted by atomic mass is 79.9. The van der Waals surface area contributed by atoms with Crippen molar-refractivity contribution in [1.29, 1.82) is 0 Å². The number of rotatable bonds is 19. The maximum atomic E-state index is 12.7. The van der Waals surface area contributed by atoms with E-state index in [0.29, 0.717) is 52.1 Å². The van der Waals surface area contributed by atoms with Gasteiger partial charge in [0.1, 0.15) is 13.2 Å². The van der Waals surface area contributed by atoms with Crippen LogP contribution in [-0.2, 0) is 20.3 Å². The Kier molecular flexibility index (Phi) is 15.3. The average molecular weight is 906 g/mol. The van der Waals surface area contributed by atoms with Crippen molar-refractivity contribution < 1.29 is 19.1 Å². The van der Waals surface area contributed by atoms with Crippen LogP contribution in [-0.4, -0.2) is 70.7 Å². The summed E-state index contributed by atoms with van der Waals surface area (Å²) < 4.78 is 12.2. The number of allylic oxidation sites excluding steroid dienone is 5. The van der Waals surface area contributed by atoms with Gasteiger partial charge in [0.15, 0.2) is 0 Å². The molecule has 4 aromatic rings. The van der Waals surface area contributed by atoms with Crippen LogP contribution < -0.4 is 43.0 Å². The molecule has 0 radical (unpaired) electrons. The minimum Gasteiger partial charge on any atom is -0.448 e. The zero-order valence-corrected chi connectivity index (χ0v) is 37.9. The highest BCUT2D eigenvalue weighted by Crippen LogP contribution is 2.51. The van der Waals surface area contributed by atoms with E-state index >= 15 is 0 Å². The monoisotopic (exact) mass is 904 g/mol. The first-order valence-corrected chi connectivity index (χ1v) is 21.9. The quantitative estimate of drug-likeness (QED) is 0.0234. The lowest BCUT2D eigenvalue weighted by Gasteiger charge is -2.32. The van der Waals surface area contributed by atoms with Crippen LogP contribution in [0.2, 0.25) is 0 Å². The van der Waals surface area contributed by atoms with Gasteiger partial charge in [-0.05, 0) is 75.9 Å². The number of alkyl carbamates (subject to hydrolysis) is 2. The van der Waals surface area contributed by atoms with Crippen LogP contribution in [0.25, 0.3) is 21.5 Å². The summed E-state index contributed by atoms with van der Waals surface area (Å²) in [6, 6.07) is 25.6. The van der Waals surface area contributed by atoms with Crippen molar-refractivity contribution in [2.45, 2.75) is 57.4 Å². The van der Waals surface area contributed by atoms with E-state index in [-0.39, 0.29) is 30.1 Å². The fourth-order valence-electron chi connectivity index (χ4n) is 8.86. The Hall–Kier alpha value is -5.44. The number of benzene rings is 4. The lowest BCUT2D eigenvalue weighted by molar-refractivity contribution is 0.148. The molecule has 0 fully saturated rings. The summed E-state index contributed by atoms with van der Waals surface area (Å²) in [5, 5.41) is 10.4. The number of nitrogens with zero attached hydrogens (tertiary/aromatic N) is 2. The van der Waals surface area contributed by atoms with Gasteiger partial charge < -0.3 is 29.9 Å². The fourth-order valence-corrected chi connectivity index (χ4v) is 9.14. The summed E-state index contributed by atoms with van der Waals surface area (Å²) in [7, 11) is 0. The van der Waals surface area contributed by atoms with E-state index in [4.69, 9.17) is 21.2 Å². The smallest absolute Gasteiger partial charge is 0.407 e. The molecule has 2 heterocycles. The van der Waals surface area contributed by atoms with Crippen LogP contribution in [0.4, 0.5) is 21.0 Å². The highest BCUT2D eigenvalue weighted by molar-refractivity contribution is 9.11. The maximum absolute atomic E-state index is 12.7. The van der Waals surface area contributed by atoms with E-state index in [0.717, 1.165) is 32.7 Å². The standard InChI is InChI=1S/C49H61BrN8O4/c1-33(31-55-51)23-25-53-46(59)61-29-27-57-40-19-15-35-11-7-9-13-38(35)44(40)48(3,4)42(57)21-17-37(50)18-22-43-49(5,6)45-39-14-10-8-12-36(39)16-20-41(45)58(43)28-30-62-47(60)54-26-24-34(2)32-56-52/h7-22,42,55-56H,1-2,23-32,51-52H2,3-6H3,(H,53,59)(H,54,60). The molecule has 8 N–H and O–H groups in total. The molecule has 13 heteroatoms. The largest absolute Gasteiger partial charge is 0.448 e. The minimum atomic E-state index is -0.471. The van der Waals surface area contributed by atoms with E-state index in [9.17, 15) is 9.59 Å². The Balaban J connectivity index is 1.23. The topological polar surface area (TPSA) is 159 Å². The molecule has 1 atom stereocenters. The van der Waals surface area contributed by atoms with Gasteiger partial charge in [-0.2, -0.15) is 0 Å². The molecule has 6 rings (SSSR count). The van der Waals surface area contributed by atoms with Crippen molar-refractivity contribution in [3.63, 3.8) is 0 Å². The summed E-state index contributed by atoms with van der Waals surface area (Å²) in [5.74, 6) is 10.8. The molecule has 328 valence electrons. The number of hydrazine groups is 2. The molecule has 4 aromatic carbocycles. The van der Waals surface area contributed by atoms with Crippen molar-refractivity contribution in [3.8, 4) is 0 Å². The SMILES string of the molecule is C=C(CCNC(=O)OCCN1C(=CC=C(Br)C=CC2N(CCOC(=O)NCCC(=C)CNN)c3ccc4ccccc4c3C2(C)C)C(C)(C)c2c1ccc1ccccc21)CNN. The van der Waals surface area contributed by atoms with Crippen LogP contribution in [0.15, 0.2) is 132 Å². The summed E-state index contributed by atoms with van der Waals surface area (Å²) in [5.41, 5.74) is 12.1. The second-order valence-corrected chi connectivity index (χ2v) is 17.8. The number of ether oxygens (including phenoxy) is 2. The minimum absolute atomic E-state index is 0.0515. The molecular weight excluding hydrogens is 844 g/mol. The maximum Gasteiger partial charge on any atom is 0.407 e. The number of hydrogen-bond donors (Lipinski definition) is 6. The van der Waals surface area contributed by atoms with Crippen molar-refractivity contribution >= 4 is 61.0 Å². The van der Waals surface area contributed by atoms with Crippen LogP contribution in [0, 0.1) is 0 Å². The van der Waals surface area contributed by atoms with Gasteiger partial charge in [0.05, 0.1) is 19.1 Å². The number of nitrogens with two attached hydrogens (primary N) is 2. The van der Waals surface area contributed by atoms with E-state index < -0.39 is 12.2 Å². The van der Waals surface area contributed by atoms with E-state index in [2.05, 4.69) is 185 Å². The molecule has 2 aliphatic rings. The van der Waals surface area contributed by atoms with Gasteiger partial charge in [0.25, 0.3) is 0 Å². The Morgan fingerprint density at radius 3 is 1.87 bits per heavy atom. The molecule has 0 spiro atoms. The van der Waals surface area contributed by atoms with Crippen LogP contribution in [0.3, 0.4) is 0 Å². The van der Waals surface area contributed by atoms with Gasteiger partial charge in [0.2, 0.25) is 0 Å². The number of nitrogens with one attached hydrogen (secondary N) is 4. The number of hydrogen-bond acceptors (Lipinski definition) is 10. The highest BCUT2D eigenvalue weighted by Gasteiger charge is 2.44. The fraction of sp³-hybridized carbons (Fsp3) is 0.347. The molecule has 0 aliphatic carbocycles. The molecule has 0 bridgehead atoms. The molecular formula is C49H61BrN8O4. The number of carbonyl (C=O) groups excluding carboxylic acids is 2. The van der Waals surface area contributed by atoms with Gasteiger partial charge in [-0.3, -0.25) is 22.5 Å². The number of carbonyl (C=O) groups is 2. The third-order valence-corrected chi connectivity index (χ3v) is 12.4. The van der Waals surface area contributed by atoms with Gasteiger partial charge >= 0.3 is 12.2 Å². The molecule has 62 heavy (non-hydrogen) atoms. The zero-order chi connectivity index (χ0) is 44.4. The number of amides is 2. The summed E-state index contributed by atoms with van der Waals surface area (Å²) in [6.45, 7) is 20.1. The first kappa shape index (κ1) is 46.1. The molecule has 2 aliphatic heterocycles. The third-order valence-electron chi connectivity index (χ3n) is 11.8. The molecule has 2 amide bonds. The normalized spacial score (nSPS) is 17.1. The lowest BCUT2D eigenvalue weighted by Crippen LogP contribution is -2.42. The van der Waals surface area contributed by atoms with Crippen molar-refractivity contribution in [3.05, 3.63) is 143 Å². The summed E-state index contributed by atoms with van der Waals surface area (Å²) >= 11 is 3.89. The first-order chi connectivity index (χ1) is 29.8. The van der Waals surface area contributed by atoms with Crippen molar-refractivity contribution in [1.82, 2.24) is 21.5 Å². The van der Waals surface area contributed by atoms with Crippen LogP contribution in [0.5, 0.6) is 0 Å². The number of anilines is 2. The Morgan fingerprint density at radius 1 is 0.758 bits per heavy atom. The Morgan fingerprint density at radius 2 is 1.29 bits per heavy atom. The third kappa shape index (κ3) is 10.4. The summed E-state index contributed by atoms with van der Waals surface area (Å²) in [4.78, 5) is 29.9. The average Bonchev–Trinajstić information content (AvgIpc) is 3.60. The van der Waals surface area contributed by atoms with Gasteiger partial charge in [-0.25, -0.2) is 9.59 Å². The predicted octanol–water partition coefficient (Wildman–Crippen LogP) is 8.25. The van der Waals surface area contributed by atoms with Crippen LogP contribution >= 0.6 is 15.9 Å². The second-order valence-electron chi connectivity index (χ2n) is 16.8.